The first kappa shape index (κ1) is 12.7. The maximum atomic E-state index is 10.9. The topological polar surface area (TPSA) is 26.3 Å². The van der Waals surface area contributed by atoms with E-state index in [2.05, 4.69) is 6.58 Å². The van der Waals surface area contributed by atoms with Gasteiger partial charge in [-0.05, 0) is 25.8 Å². The van der Waals surface area contributed by atoms with Crippen LogP contribution in [0.25, 0.3) is 0 Å². The summed E-state index contributed by atoms with van der Waals surface area (Å²) in [7, 11) is 0.357. The lowest BCUT2D eigenvalue weighted by Gasteiger charge is -2.26. The molecule has 0 amide bonds. The van der Waals surface area contributed by atoms with Gasteiger partial charge in [0.2, 0.25) is 0 Å². The molecule has 2 radical (unpaired) electrons. The van der Waals surface area contributed by atoms with Crippen molar-refractivity contribution < 1.29 is 9.53 Å². The Morgan fingerprint density at radius 3 is 2.69 bits per heavy atom. The molecule has 0 bridgehead atoms. The Hall–Kier alpha value is -0.283. The van der Waals surface area contributed by atoms with Crippen molar-refractivity contribution in [2.45, 2.75) is 38.3 Å². The van der Waals surface area contributed by atoms with Crippen LogP contribution in [0.1, 0.15) is 27.2 Å². The lowest BCUT2D eigenvalue weighted by Crippen LogP contribution is -2.28. The summed E-state index contributed by atoms with van der Waals surface area (Å²) in [6, 6.07) is 0. The Kier molecular flexibility index (Phi) is 5.33. The normalized spacial score (nSPS) is 13.5. The van der Waals surface area contributed by atoms with Crippen molar-refractivity contribution in [3.8, 4) is 0 Å². The second-order valence-corrected chi connectivity index (χ2v) is 5.46. The van der Waals surface area contributed by atoms with Crippen molar-refractivity contribution >= 4 is 25.9 Å². The molecule has 0 aromatic heterocycles. The SMILES string of the molecule is C=CC(=O)OC(C)(C)CC(C)[Si]Cl. The highest BCUT2D eigenvalue weighted by atomic mass is 35.6. The van der Waals surface area contributed by atoms with E-state index in [0.717, 1.165) is 6.42 Å². The lowest BCUT2D eigenvalue weighted by molar-refractivity contribution is -0.150. The van der Waals surface area contributed by atoms with Gasteiger partial charge in [0.1, 0.15) is 5.60 Å². The number of ether oxygens (including phenoxy) is 1. The van der Waals surface area contributed by atoms with Gasteiger partial charge in [-0.15, -0.1) is 0 Å². The fourth-order valence-corrected chi connectivity index (χ4v) is 1.93. The Labute approximate surface area is 86.8 Å². The number of hydrogen-bond donors (Lipinski definition) is 0. The van der Waals surface area contributed by atoms with Gasteiger partial charge in [0, 0.05) is 6.08 Å². The van der Waals surface area contributed by atoms with E-state index >= 15 is 0 Å². The largest absolute Gasteiger partial charge is 0.457 e. The molecule has 0 N–H and O–H groups in total. The van der Waals surface area contributed by atoms with Gasteiger partial charge in [-0.1, -0.05) is 13.5 Å². The molecule has 0 aliphatic heterocycles. The first-order valence-corrected chi connectivity index (χ1v) is 6.22. The summed E-state index contributed by atoms with van der Waals surface area (Å²) in [4.78, 5) is 10.9. The van der Waals surface area contributed by atoms with E-state index in [9.17, 15) is 4.79 Å². The van der Waals surface area contributed by atoms with E-state index in [1.807, 2.05) is 20.8 Å². The zero-order valence-corrected chi connectivity index (χ0v) is 10.0. The van der Waals surface area contributed by atoms with E-state index in [1.54, 1.807) is 0 Å². The van der Waals surface area contributed by atoms with E-state index in [4.69, 9.17) is 15.8 Å². The molecule has 0 heterocycles. The number of rotatable bonds is 5. The minimum Gasteiger partial charge on any atom is -0.457 e. The molecule has 0 fully saturated rings. The molecule has 0 saturated carbocycles. The number of esters is 1. The first-order valence-electron chi connectivity index (χ1n) is 4.13. The highest BCUT2D eigenvalue weighted by Gasteiger charge is 2.24. The molecule has 0 aromatic rings. The van der Waals surface area contributed by atoms with Crippen molar-refractivity contribution in [2.75, 3.05) is 0 Å². The van der Waals surface area contributed by atoms with E-state index in [0.29, 0.717) is 14.4 Å². The van der Waals surface area contributed by atoms with Crippen LogP contribution in [-0.4, -0.2) is 20.4 Å². The van der Waals surface area contributed by atoms with Crippen LogP contribution in [0.15, 0.2) is 12.7 Å². The highest BCUT2D eigenvalue weighted by Crippen LogP contribution is 2.24. The first-order chi connectivity index (χ1) is 5.91. The highest BCUT2D eigenvalue weighted by molar-refractivity contribution is 6.94. The Morgan fingerprint density at radius 1 is 1.77 bits per heavy atom. The van der Waals surface area contributed by atoms with Gasteiger partial charge in [0.25, 0.3) is 0 Å². The molecular formula is C9H15ClO2Si. The lowest BCUT2D eigenvalue weighted by atomic mass is 10.0. The van der Waals surface area contributed by atoms with E-state index in [-0.39, 0.29) is 5.97 Å². The number of hydrogen-bond acceptors (Lipinski definition) is 2. The summed E-state index contributed by atoms with van der Waals surface area (Å²) in [5, 5.41) is 0. The number of carbonyl (C=O) groups is 1. The van der Waals surface area contributed by atoms with Gasteiger partial charge in [0.05, 0.1) is 0 Å². The standard InChI is InChI=1S/C9H15ClO2Si/c1-5-8(11)12-9(3,4)6-7(2)13-10/h5,7H,1,6H2,2-4H3. The summed E-state index contributed by atoms with van der Waals surface area (Å²) in [6.45, 7) is 9.14. The molecule has 0 aromatic carbocycles. The second kappa shape index (κ2) is 5.45. The minimum absolute atomic E-state index is 0.357. The summed E-state index contributed by atoms with van der Waals surface area (Å²) in [6.07, 6.45) is 1.95. The molecule has 2 nitrogen and oxygen atoms in total. The van der Waals surface area contributed by atoms with Crippen LogP contribution < -0.4 is 0 Å². The quantitative estimate of drug-likeness (QED) is 0.307. The van der Waals surface area contributed by atoms with Crippen molar-refractivity contribution in [2.24, 2.45) is 0 Å². The third kappa shape index (κ3) is 5.88. The summed E-state index contributed by atoms with van der Waals surface area (Å²) in [5.74, 6) is -0.380. The maximum absolute atomic E-state index is 10.9. The predicted octanol–water partition coefficient (Wildman–Crippen LogP) is 2.55. The molecule has 0 saturated heterocycles. The average molecular weight is 219 g/mol. The Bertz CT molecular complexity index is 192. The van der Waals surface area contributed by atoms with Crippen LogP contribution >= 0.6 is 11.1 Å². The van der Waals surface area contributed by atoms with Gasteiger partial charge in [-0.3, -0.25) is 0 Å². The molecule has 4 heteroatoms. The fraction of sp³-hybridized carbons (Fsp3) is 0.667. The average Bonchev–Trinajstić information content (AvgIpc) is 2.02. The zero-order chi connectivity index (χ0) is 10.5. The van der Waals surface area contributed by atoms with Crippen LogP contribution in [0.3, 0.4) is 0 Å². The second-order valence-electron chi connectivity index (χ2n) is 3.60. The van der Waals surface area contributed by atoms with Crippen LogP contribution in [-0.2, 0) is 9.53 Å². The number of carbonyl (C=O) groups excluding carboxylic acids is 1. The van der Waals surface area contributed by atoms with E-state index in [1.165, 1.54) is 6.08 Å². The third-order valence-electron chi connectivity index (χ3n) is 1.53. The third-order valence-corrected chi connectivity index (χ3v) is 3.22. The summed E-state index contributed by atoms with van der Waals surface area (Å²) >= 11 is 5.70. The molecule has 13 heavy (non-hydrogen) atoms. The van der Waals surface area contributed by atoms with Crippen LogP contribution in [0.5, 0.6) is 0 Å². The maximum Gasteiger partial charge on any atom is 0.330 e. The van der Waals surface area contributed by atoms with Crippen LogP contribution in [0.2, 0.25) is 5.54 Å². The van der Waals surface area contributed by atoms with Crippen molar-refractivity contribution in [1.82, 2.24) is 0 Å². The molecule has 0 aliphatic carbocycles. The number of halogens is 1. The van der Waals surface area contributed by atoms with Gasteiger partial charge in [0.15, 0.2) is 8.83 Å². The van der Waals surface area contributed by atoms with Gasteiger partial charge >= 0.3 is 5.97 Å². The van der Waals surface area contributed by atoms with Crippen LogP contribution in [0, 0.1) is 0 Å². The van der Waals surface area contributed by atoms with Gasteiger partial charge < -0.3 is 4.74 Å². The van der Waals surface area contributed by atoms with Gasteiger partial charge in [-0.2, -0.15) is 11.1 Å². The zero-order valence-electron chi connectivity index (χ0n) is 8.26. The molecule has 0 spiro atoms. The van der Waals surface area contributed by atoms with E-state index < -0.39 is 5.60 Å². The molecule has 0 aliphatic rings. The fourth-order valence-electron chi connectivity index (χ4n) is 1.13. The molecule has 74 valence electrons. The summed E-state index contributed by atoms with van der Waals surface area (Å²) in [5.41, 5.74) is -0.0821. The monoisotopic (exact) mass is 218 g/mol. The van der Waals surface area contributed by atoms with Crippen molar-refractivity contribution in [3.63, 3.8) is 0 Å². The minimum atomic E-state index is -0.452. The molecular weight excluding hydrogens is 204 g/mol. The molecule has 1 atom stereocenters. The Morgan fingerprint density at radius 2 is 2.31 bits per heavy atom. The predicted molar refractivity (Wildman–Crippen MR) is 56.0 cm³/mol. The smallest absolute Gasteiger partial charge is 0.330 e. The van der Waals surface area contributed by atoms with Crippen LogP contribution in [0.4, 0.5) is 0 Å². The molecule has 0 rings (SSSR count). The van der Waals surface area contributed by atoms with Gasteiger partial charge in [-0.25, -0.2) is 4.79 Å². The van der Waals surface area contributed by atoms with Crippen molar-refractivity contribution in [1.29, 1.82) is 0 Å². The summed E-state index contributed by atoms with van der Waals surface area (Å²) < 4.78 is 5.15. The van der Waals surface area contributed by atoms with Crippen molar-refractivity contribution in [3.05, 3.63) is 12.7 Å². The Balaban J connectivity index is 4.06. The molecule has 1 unspecified atom stereocenters.